The molecule has 5 heterocycles. The highest BCUT2D eigenvalue weighted by Crippen LogP contribution is 2.25. The van der Waals surface area contributed by atoms with E-state index < -0.39 is 0 Å². The molecule has 6 aromatic rings. The van der Waals surface area contributed by atoms with Gasteiger partial charge >= 0.3 is 0 Å². The predicted molar refractivity (Wildman–Crippen MR) is 123 cm³/mol. The Morgan fingerprint density at radius 2 is 1.91 bits per heavy atom. The van der Waals surface area contributed by atoms with Gasteiger partial charge in [-0.15, -0.1) is 10.2 Å². The predicted octanol–water partition coefficient (Wildman–Crippen LogP) is 3.66. The second-order valence-electron chi connectivity index (χ2n) is 7.57. The van der Waals surface area contributed by atoms with E-state index in [4.69, 9.17) is 0 Å². The van der Waals surface area contributed by atoms with Gasteiger partial charge in [0.05, 0.1) is 29.5 Å². The number of rotatable bonds is 5. The number of aryl methyl sites for hydroxylation is 1. The molecule has 10 nitrogen and oxygen atoms in total. The van der Waals surface area contributed by atoms with Gasteiger partial charge < -0.3 is 5.32 Å². The maximum absolute atomic E-state index is 13.8. The van der Waals surface area contributed by atoms with E-state index in [1.54, 1.807) is 40.1 Å². The fraction of sp³-hybridized carbons (Fsp3) is 0.0435. The van der Waals surface area contributed by atoms with Gasteiger partial charge in [-0.2, -0.15) is 10.2 Å². The molecule has 0 aliphatic carbocycles. The molecule has 6 rings (SSSR count). The molecule has 1 N–H and O–H groups in total. The minimum absolute atomic E-state index is 0.336. The molecular formula is C23H17FN10. The van der Waals surface area contributed by atoms with Crippen molar-refractivity contribution in [3.8, 4) is 28.5 Å². The van der Waals surface area contributed by atoms with Gasteiger partial charge in [0.25, 0.3) is 0 Å². The zero-order chi connectivity index (χ0) is 23.1. The lowest BCUT2D eigenvalue weighted by atomic mass is 10.2. The minimum atomic E-state index is -0.336. The normalized spacial score (nSPS) is 11.2. The van der Waals surface area contributed by atoms with Crippen LogP contribution in [-0.2, 0) is 7.05 Å². The average Bonchev–Trinajstić information content (AvgIpc) is 3.58. The number of aromatic nitrogens is 9. The third-order valence-electron chi connectivity index (χ3n) is 5.25. The van der Waals surface area contributed by atoms with Gasteiger partial charge in [-0.3, -0.25) is 9.08 Å². The Morgan fingerprint density at radius 1 is 0.971 bits per heavy atom. The van der Waals surface area contributed by atoms with Crippen LogP contribution in [0.15, 0.2) is 79.5 Å². The third kappa shape index (κ3) is 3.54. The molecule has 0 atom stereocenters. The standard InChI is InChI=1S/C23H17FN10/c1-32-14-17(13-27-32)28-23-25-8-5-19(29-23)15-7-10-33-21(11-15)30-31-22(33)20-6-9-26-34(20)18-4-2-3-16(24)12-18/h2-14H,1H3,(H,25,28,29). The van der Waals surface area contributed by atoms with Crippen molar-refractivity contribution in [3.05, 3.63) is 85.3 Å². The van der Waals surface area contributed by atoms with E-state index in [0.29, 0.717) is 28.8 Å². The van der Waals surface area contributed by atoms with Crippen LogP contribution in [-0.4, -0.2) is 44.1 Å². The summed E-state index contributed by atoms with van der Waals surface area (Å²) in [5, 5.41) is 20.3. The zero-order valence-corrected chi connectivity index (χ0v) is 17.9. The maximum Gasteiger partial charge on any atom is 0.227 e. The molecule has 0 spiro atoms. The molecule has 11 heteroatoms. The lowest BCUT2D eigenvalue weighted by Crippen LogP contribution is -2.02. The summed E-state index contributed by atoms with van der Waals surface area (Å²) >= 11 is 0. The first kappa shape index (κ1) is 19.7. The van der Waals surface area contributed by atoms with Crippen LogP contribution < -0.4 is 5.32 Å². The summed E-state index contributed by atoms with van der Waals surface area (Å²) < 4.78 is 18.9. The molecule has 0 radical (unpaired) electrons. The Hall–Kier alpha value is -4.93. The third-order valence-corrected chi connectivity index (χ3v) is 5.25. The second kappa shape index (κ2) is 7.89. The molecule has 0 amide bonds. The van der Waals surface area contributed by atoms with E-state index in [1.165, 1.54) is 12.1 Å². The molecular weight excluding hydrogens is 435 g/mol. The van der Waals surface area contributed by atoms with Crippen molar-refractivity contribution in [1.82, 2.24) is 44.1 Å². The summed E-state index contributed by atoms with van der Waals surface area (Å²) in [5.74, 6) is 0.716. The van der Waals surface area contributed by atoms with Gasteiger partial charge in [-0.1, -0.05) is 6.07 Å². The van der Waals surface area contributed by atoms with Crippen LogP contribution in [0.25, 0.3) is 34.1 Å². The fourth-order valence-electron chi connectivity index (χ4n) is 3.71. The molecule has 166 valence electrons. The summed E-state index contributed by atoms with van der Waals surface area (Å²) in [5.41, 5.74) is 4.32. The molecule has 0 saturated heterocycles. The minimum Gasteiger partial charge on any atom is -0.321 e. The lowest BCUT2D eigenvalue weighted by Gasteiger charge is -2.07. The number of hydrogen-bond donors (Lipinski definition) is 1. The molecule has 0 saturated carbocycles. The monoisotopic (exact) mass is 452 g/mol. The summed E-state index contributed by atoms with van der Waals surface area (Å²) in [6, 6.07) is 13.7. The summed E-state index contributed by atoms with van der Waals surface area (Å²) in [7, 11) is 1.84. The zero-order valence-electron chi connectivity index (χ0n) is 17.9. The van der Waals surface area contributed by atoms with Crippen LogP contribution in [0.1, 0.15) is 0 Å². The van der Waals surface area contributed by atoms with Crippen molar-refractivity contribution in [2.75, 3.05) is 5.32 Å². The van der Waals surface area contributed by atoms with Gasteiger partial charge in [0, 0.05) is 31.2 Å². The highest BCUT2D eigenvalue weighted by molar-refractivity contribution is 5.67. The summed E-state index contributed by atoms with van der Waals surface area (Å²) in [6.07, 6.45) is 8.76. The lowest BCUT2D eigenvalue weighted by molar-refractivity contribution is 0.625. The largest absolute Gasteiger partial charge is 0.321 e. The molecule has 0 unspecified atom stereocenters. The quantitative estimate of drug-likeness (QED) is 0.426. The van der Waals surface area contributed by atoms with Gasteiger partial charge in [0.15, 0.2) is 11.5 Å². The van der Waals surface area contributed by atoms with Gasteiger partial charge in [-0.25, -0.2) is 19.0 Å². The van der Waals surface area contributed by atoms with E-state index in [0.717, 1.165) is 16.9 Å². The van der Waals surface area contributed by atoms with Crippen LogP contribution in [0.3, 0.4) is 0 Å². The van der Waals surface area contributed by atoms with Crippen molar-refractivity contribution in [2.45, 2.75) is 0 Å². The SMILES string of the molecule is Cn1cc(Nc2nccc(-c3ccn4c(-c5ccnn5-c5cccc(F)c5)nnc4c3)n2)cn1. The smallest absolute Gasteiger partial charge is 0.227 e. The second-order valence-corrected chi connectivity index (χ2v) is 7.57. The number of hydrogen-bond acceptors (Lipinski definition) is 7. The average molecular weight is 452 g/mol. The van der Waals surface area contributed by atoms with Crippen LogP contribution in [0.2, 0.25) is 0 Å². The molecule has 34 heavy (non-hydrogen) atoms. The molecule has 0 fully saturated rings. The van der Waals surface area contributed by atoms with E-state index >= 15 is 0 Å². The maximum atomic E-state index is 13.8. The van der Waals surface area contributed by atoms with E-state index in [-0.39, 0.29) is 5.82 Å². The van der Waals surface area contributed by atoms with Crippen LogP contribution in [0, 0.1) is 5.82 Å². The van der Waals surface area contributed by atoms with Crippen LogP contribution in [0.5, 0.6) is 0 Å². The number of fused-ring (bicyclic) bond motifs is 1. The van der Waals surface area contributed by atoms with Crippen molar-refractivity contribution < 1.29 is 4.39 Å². The Labute approximate surface area is 192 Å². The fourth-order valence-corrected chi connectivity index (χ4v) is 3.71. The number of nitrogens with one attached hydrogen (secondary N) is 1. The first-order valence-electron chi connectivity index (χ1n) is 10.4. The Kier molecular flexibility index (Phi) is 4.58. The molecule has 0 aliphatic rings. The Balaban J connectivity index is 1.35. The number of halogens is 1. The highest BCUT2D eigenvalue weighted by Gasteiger charge is 2.15. The number of anilines is 2. The topological polar surface area (TPSA) is 104 Å². The first-order valence-corrected chi connectivity index (χ1v) is 10.4. The van der Waals surface area contributed by atoms with Gasteiger partial charge in [0.1, 0.15) is 11.5 Å². The highest BCUT2D eigenvalue weighted by atomic mass is 19.1. The number of benzene rings is 1. The Bertz CT molecular complexity index is 1630. The Morgan fingerprint density at radius 3 is 2.76 bits per heavy atom. The molecule has 5 aromatic heterocycles. The van der Waals surface area contributed by atoms with Crippen molar-refractivity contribution in [1.29, 1.82) is 0 Å². The first-order chi connectivity index (χ1) is 16.6. The van der Waals surface area contributed by atoms with Crippen LogP contribution in [0.4, 0.5) is 16.0 Å². The number of nitrogens with zero attached hydrogens (tertiary/aromatic N) is 9. The van der Waals surface area contributed by atoms with Crippen molar-refractivity contribution >= 4 is 17.3 Å². The van der Waals surface area contributed by atoms with Gasteiger partial charge in [-0.05, 0) is 42.5 Å². The van der Waals surface area contributed by atoms with Crippen LogP contribution >= 0.6 is 0 Å². The van der Waals surface area contributed by atoms with Gasteiger partial charge in [0.2, 0.25) is 5.95 Å². The van der Waals surface area contributed by atoms with Crippen molar-refractivity contribution in [3.63, 3.8) is 0 Å². The van der Waals surface area contributed by atoms with Crippen molar-refractivity contribution in [2.24, 2.45) is 7.05 Å². The van der Waals surface area contributed by atoms with E-state index in [9.17, 15) is 4.39 Å². The summed E-state index contributed by atoms with van der Waals surface area (Å²) in [6.45, 7) is 0. The van der Waals surface area contributed by atoms with E-state index in [1.807, 2.05) is 48.1 Å². The van der Waals surface area contributed by atoms with E-state index in [2.05, 4.69) is 35.7 Å². The summed E-state index contributed by atoms with van der Waals surface area (Å²) in [4.78, 5) is 8.89. The number of pyridine rings is 1. The molecule has 1 aromatic carbocycles. The molecule has 0 aliphatic heterocycles. The molecule has 0 bridgehead atoms.